The zero-order chi connectivity index (χ0) is 15.0. The molecule has 0 aliphatic heterocycles. The van der Waals surface area contributed by atoms with Crippen LogP contribution in [0.25, 0.3) is 0 Å². The molecule has 0 heterocycles. The van der Waals surface area contributed by atoms with Gasteiger partial charge in [-0.2, -0.15) is 0 Å². The second-order valence-corrected chi connectivity index (χ2v) is 6.67. The molecular weight excluding hydrogens is 300 g/mol. The summed E-state index contributed by atoms with van der Waals surface area (Å²) in [7, 11) is -3.27. The topological polar surface area (TPSA) is 75.3 Å². The van der Waals surface area contributed by atoms with Gasteiger partial charge in [0.1, 0.15) is 0 Å². The molecule has 0 saturated carbocycles. The third-order valence-corrected chi connectivity index (χ3v) is 4.18. The molecule has 112 valence electrons. The monoisotopic (exact) mass is 318 g/mol. The van der Waals surface area contributed by atoms with Crippen LogP contribution in [0.4, 0.5) is 11.4 Å². The highest BCUT2D eigenvalue weighted by Gasteiger charge is 2.07. The van der Waals surface area contributed by atoms with Crippen LogP contribution in [0.5, 0.6) is 0 Å². The van der Waals surface area contributed by atoms with Crippen LogP contribution in [-0.4, -0.2) is 26.0 Å². The first kappa shape index (κ1) is 16.8. The number of sulfonamides is 1. The van der Waals surface area contributed by atoms with Crippen LogP contribution in [0.2, 0.25) is 0 Å². The van der Waals surface area contributed by atoms with E-state index in [2.05, 4.69) is 10.0 Å². The maximum atomic E-state index is 11.6. The maximum Gasteiger partial charge on any atom is 0.232 e. The zero-order valence-corrected chi connectivity index (χ0v) is 12.9. The fraction of sp³-hybridized carbons (Fsp3) is 0.462. The van der Waals surface area contributed by atoms with Gasteiger partial charge in [0.05, 0.1) is 5.75 Å². The maximum absolute atomic E-state index is 11.6. The van der Waals surface area contributed by atoms with Crippen LogP contribution < -0.4 is 10.0 Å². The number of carbonyl (C=O) groups excluding carboxylic acids is 1. The molecule has 1 rings (SSSR count). The highest BCUT2D eigenvalue weighted by atomic mass is 35.5. The number of rotatable bonds is 8. The van der Waals surface area contributed by atoms with E-state index in [-0.39, 0.29) is 11.7 Å². The van der Waals surface area contributed by atoms with Crippen LogP contribution >= 0.6 is 11.6 Å². The Hall–Kier alpha value is -1.27. The van der Waals surface area contributed by atoms with Crippen molar-refractivity contribution in [2.45, 2.75) is 26.2 Å². The molecule has 0 spiro atoms. The lowest BCUT2D eigenvalue weighted by Crippen LogP contribution is -2.15. The summed E-state index contributed by atoms with van der Waals surface area (Å²) >= 11 is 5.54. The van der Waals surface area contributed by atoms with Crippen LogP contribution in [0.15, 0.2) is 24.3 Å². The lowest BCUT2D eigenvalue weighted by atomic mass is 10.2. The molecule has 2 N–H and O–H groups in total. The number of halogens is 1. The lowest BCUT2D eigenvalue weighted by Gasteiger charge is -2.08. The van der Waals surface area contributed by atoms with Crippen molar-refractivity contribution >= 4 is 38.9 Å². The van der Waals surface area contributed by atoms with Gasteiger partial charge in [0, 0.05) is 23.7 Å². The predicted octanol–water partition coefficient (Wildman–Crippen LogP) is 2.80. The summed E-state index contributed by atoms with van der Waals surface area (Å²) in [5.41, 5.74) is 1.12. The quantitative estimate of drug-likeness (QED) is 0.571. The van der Waals surface area contributed by atoms with Gasteiger partial charge in [0.15, 0.2) is 0 Å². The van der Waals surface area contributed by atoms with E-state index >= 15 is 0 Å². The fourth-order valence-electron chi connectivity index (χ4n) is 1.48. The standard InChI is InChI=1S/C13H19ClN2O3S/c1-2-20(18,19)16-12-8-6-11(7-9-12)15-13(17)5-3-4-10-14/h6-9,16H,2-5,10H2,1H3,(H,15,17). The summed E-state index contributed by atoms with van der Waals surface area (Å²) in [6.45, 7) is 1.57. The van der Waals surface area contributed by atoms with Crippen LogP contribution in [0.3, 0.4) is 0 Å². The molecule has 0 radical (unpaired) electrons. The van der Waals surface area contributed by atoms with Crippen molar-refractivity contribution in [1.82, 2.24) is 0 Å². The van der Waals surface area contributed by atoms with Crippen LogP contribution in [0, 0.1) is 0 Å². The molecule has 1 aromatic rings. The number of hydrogen-bond acceptors (Lipinski definition) is 3. The Kier molecular flexibility index (Phi) is 6.81. The molecule has 0 unspecified atom stereocenters. The largest absolute Gasteiger partial charge is 0.326 e. The molecule has 0 saturated heterocycles. The second kappa shape index (κ2) is 8.11. The molecular formula is C13H19ClN2O3S. The number of nitrogens with one attached hydrogen (secondary N) is 2. The average Bonchev–Trinajstić information content (AvgIpc) is 2.41. The van der Waals surface area contributed by atoms with E-state index in [1.54, 1.807) is 31.2 Å². The van der Waals surface area contributed by atoms with Crippen molar-refractivity contribution in [1.29, 1.82) is 0 Å². The molecule has 7 heteroatoms. The Morgan fingerprint density at radius 1 is 1.15 bits per heavy atom. The van der Waals surface area contributed by atoms with Crippen molar-refractivity contribution in [2.24, 2.45) is 0 Å². The number of carbonyl (C=O) groups is 1. The Morgan fingerprint density at radius 2 is 1.75 bits per heavy atom. The van der Waals surface area contributed by atoms with Gasteiger partial charge in [-0.05, 0) is 44.0 Å². The van der Waals surface area contributed by atoms with Gasteiger partial charge in [-0.3, -0.25) is 9.52 Å². The fourth-order valence-corrected chi connectivity index (χ4v) is 2.31. The number of alkyl halides is 1. The van der Waals surface area contributed by atoms with Gasteiger partial charge in [-0.15, -0.1) is 11.6 Å². The molecule has 0 aromatic heterocycles. The first-order valence-electron chi connectivity index (χ1n) is 6.43. The third kappa shape index (κ3) is 6.25. The van der Waals surface area contributed by atoms with Gasteiger partial charge < -0.3 is 5.32 Å². The van der Waals surface area contributed by atoms with Gasteiger partial charge in [0.25, 0.3) is 0 Å². The number of amides is 1. The highest BCUT2D eigenvalue weighted by molar-refractivity contribution is 7.92. The van der Waals surface area contributed by atoms with Crippen molar-refractivity contribution in [3.8, 4) is 0 Å². The Morgan fingerprint density at radius 3 is 2.30 bits per heavy atom. The molecule has 1 aromatic carbocycles. The van der Waals surface area contributed by atoms with E-state index < -0.39 is 10.0 Å². The molecule has 0 atom stereocenters. The normalized spacial score (nSPS) is 11.1. The number of anilines is 2. The summed E-state index contributed by atoms with van der Waals surface area (Å²) in [5.74, 6) is 0.503. The van der Waals surface area contributed by atoms with E-state index in [4.69, 9.17) is 11.6 Å². The van der Waals surface area contributed by atoms with E-state index in [0.29, 0.717) is 23.7 Å². The van der Waals surface area contributed by atoms with Crippen molar-refractivity contribution in [3.05, 3.63) is 24.3 Å². The number of hydrogen-bond donors (Lipinski definition) is 2. The molecule has 1 amide bonds. The SMILES string of the molecule is CCS(=O)(=O)Nc1ccc(NC(=O)CCCCCl)cc1. The Balaban J connectivity index is 2.52. The summed E-state index contributed by atoms with van der Waals surface area (Å²) < 4.78 is 25.2. The number of unbranched alkanes of at least 4 members (excludes halogenated alkanes) is 1. The predicted molar refractivity (Wildman–Crippen MR) is 82.7 cm³/mol. The van der Waals surface area contributed by atoms with Crippen molar-refractivity contribution in [3.63, 3.8) is 0 Å². The molecule has 0 bridgehead atoms. The highest BCUT2D eigenvalue weighted by Crippen LogP contribution is 2.15. The van der Waals surface area contributed by atoms with Crippen LogP contribution in [0.1, 0.15) is 26.2 Å². The van der Waals surface area contributed by atoms with E-state index in [1.807, 2.05) is 0 Å². The summed E-state index contributed by atoms with van der Waals surface area (Å²) in [5, 5.41) is 2.75. The molecule has 5 nitrogen and oxygen atoms in total. The van der Waals surface area contributed by atoms with Crippen LogP contribution in [-0.2, 0) is 14.8 Å². The van der Waals surface area contributed by atoms with Crippen molar-refractivity contribution in [2.75, 3.05) is 21.7 Å². The molecule has 20 heavy (non-hydrogen) atoms. The smallest absolute Gasteiger partial charge is 0.232 e. The first-order chi connectivity index (χ1) is 9.46. The van der Waals surface area contributed by atoms with E-state index in [9.17, 15) is 13.2 Å². The minimum atomic E-state index is -3.27. The Labute approximate surface area is 124 Å². The van der Waals surface area contributed by atoms with E-state index in [1.165, 1.54) is 0 Å². The lowest BCUT2D eigenvalue weighted by molar-refractivity contribution is -0.116. The Bertz CT molecular complexity index is 529. The number of benzene rings is 1. The average molecular weight is 319 g/mol. The molecule has 0 aliphatic rings. The molecule has 0 aliphatic carbocycles. The van der Waals surface area contributed by atoms with Crippen molar-refractivity contribution < 1.29 is 13.2 Å². The second-order valence-electron chi connectivity index (χ2n) is 4.28. The molecule has 0 fully saturated rings. The zero-order valence-electron chi connectivity index (χ0n) is 11.4. The third-order valence-electron chi connectivity index (χ3n) is 2.61. The van der Waals surface area contributed by atoms with Gasteiger partial charge >= 0.3 is 0 Å². The van der Waals surface area contributed by atoms with Gasteiger partial charge in [-0.1, -0.05) is 0 Å². The summed E-state index contributed by atoms with van der Waals surface area (Å²) in [6.07, 6.45) is 1.99. The van der Waals surface area contributed by atoms with Gasteiger partial charge in [-0.25, -0.2) is 8.42 Å². The van der Waals surface area contributed by atoms with Gasteiger partial charge in [0.2, 0.25) is 15.9 Å². The minimum Gasteiger partial charge on any atom is -0.326 e. The first-order valence-corrected chi connectivity index (χ1v) is 8.62. The summed E-state index contributed by atoms with van der Waals surface area (Å²) in [4.78, 5) is 11.6. The minimum absolute atomic E-state index is 0.0199. The summed E-state index contributed by atoms with van der Waals surface area (Å²) in [6, 6.07) is 6.54. The van der Waals surface area contributed by atoms with E-state index in [0.717, 1.165) is 12.8 Å².